The Hall–Kier alpha value is -2.99. The summed E-state index contributed by atoms with van der Waals surface area (Å²) in [5.41, 5.74) is 3.50. The molecule has 7 heteroatoms. The maximum absolute atomic E-state index is 13.3. The predicted molar refractivity (Wildman–Crippen MR) is 131 cm³/mol. The van der Waals surface area contributed by atoms with Gasteiger partial charge in [0.15, 0.2) is 0 Å². The summed E-state index contributed by atoms with van der Waals surface area (Å²) >= 11 is 12.3. The summed E-state index contributed by atoms with van der Waals surface area (Å²) in [5, 5.41) is 1.79. The van der Waals surface area contributed by atoms with Gasteiger partial charge in [-0.15, -0.1) is 0 Å². The first-order valence-corrected chi connectivity index (χ1v) is 11.3. The normalized spacial score (nSPS) is 13.5. The van der Waals surface area contributed by atoms with Gasteiger partial charge in [-0.1, -0.05) is 47.5 Å². The van der Waals surface area contributed by atoms with E-state index < -0.39 is 0 Å². The molecule has 0 radical (unpaired) electrons. The lowest BCUT2D eigenvalue weighted by atomic mass is 10.0. The molecule has 168 valence electrons. The third-order valence-corrected chi connectivity index (χ3v) is 6.48. The second kappa shape index (κ2) is 9.10. The molecular weight excluding hydrogens is 461 g/mol. The quantitative estimate of drug-likeness (QED) is 0.341. The molecule has 3 aromatic carbocycles. The van der Waals surface area contributed by atoms with Crippen LogP contribution in [0.1, 0.15) is 11.1 Å². The highest BCUT2D eigenvalue weighted by atomic mass is 35.5. The van der Waals surface area contributed by atoms with Crippen LogP contribution in [0, 0.1) is 0 Å². The van der Waals surface area contributed by atoms with Gasteiger partial charge in [-0.3, -0.25) is 9.69 Å². The van der Waals surface area contributed by atoms with Crippen molar-refractivity contribution in [3.8, 4) is 22.6 Å². The van der Waals surface area contributed by atoms with Gasteiger partial charge in [0, 0.05) is 28.7 Å². The number of ether oxygens (including phenoxy) is 2. The van der Waals surface area contributed by atoms with Crippen LogP contribution < -0.4 is 14.9 Å². The molecule has 33 heavy (non-hydrogen) atoms. The Kier molecular flexibility index (Phi) is 6.02. The maximum atomic E-state index is 13.3. The Balaban J connectivity index is 1.45. The van der Waals surface area contributed by atoms with E-state index in [1.54, 1.807) is 19.2 Å². The summed E-state index contributed by atoms with van der Waals surface area (Å²) in [4.78, 5) is 15.5. The number of benzene rings is 3. The van der Waals surface area contributed by atoms with Crippen LogP contribution in [0.5, 0.6) is 11.5 Å². The minimum absolute atomic E-state index is 0.103. The van der Waals surface area contributed by atoms with E-state index in [-0.39, 0.29) is 5.43 Å². The number of rotatable bonds is 5. The van der Waals surface area contributed by atoms with E-state index in [1.807, 2.05) is 42.5 Å². The van der Waals surface area contributed by atoms with Crippen LogP contribution >= 0.6 is 23.2 Å². The summed E-state index contributed by atoms with van der Waals surface area (Å²) in [6.45, 7) is 1.79. The molecule has 0 bridgehead atoms. The Morgan fingerprint density at radius 1 is 1.06 bits per heavy atom. The number of methoxy groups -OCH3 is 1. The molecule has 0 amide bonds. The fourth-order valence-electron chi connectivity index (χ4n) is 4.15. The zero-order chi connectivity index (χ0) is 22.9. The van der Waals surface area contributed by atoms with Crippen molar-refractivity contribution in [3.63, 3.8) is 0 Å². The average molecular weight is 482 g/mol. The molecule has 1 aliphatic heterocycles. The molecule has 0 saturated carbocycles. The van der Waals surface area contributed by atoms with Crippen molar-refractivity contribution in [2.24, 2.45) is 0 Å². The molecule has 5 nitrogen and oxygen atoms in total. The highest BCUT2D eigenvalue weighted by molar-refractivity contribution is 6.35. The first-order valence-electron chi connectivity index (χ1n) is 10.5. The Morgan fingerprint density at radius 3 is 2.73 bits per heavy atom. The van der Waals surface area contributed by atoms with E-state index in [2.05, 4.69) is 4.90 Å². The minimum Gasteiger partial charge on any atom is -0.496 e. The summed E-state index contributed by atoms with van der Waals surface area (Å²) < 4.78 is 17.4. The molecule has 5 rings (SSSR count). The fraction of sp³-hybridized carbons (Fsp3) is 0.192. The van der Waals surface area contributed by atoms with Crippen LogP contribution in [0.15, 0.2) is 70.1 Å². The van der Waals surface area contributed by atoms with E-state index >= 15 is 0 Å². The highest BCUT2D eigenvalue weighted by Gasteiger charge is 2.23. The third-order valence-electron chi connectivity index (χ3n) is 5.90. The van der Waals surface area contributed by atoms with Crippen molar-refractivity contribution in [3.05, 3.63) is 92.3 Å². The summed E-state index contributed by atoms with van der Waals surface area (Å²) in [6.07, 6.45) is 2.26. The molecular formula is C26H21Cl2NO4. The number of para-hydroxylation sites is 1. The van der Waals surface area contributed by atoms with Gasteiger partial charge < -0.3 is 13.9 Å². The number of nitrogens with zero attached hydrogens (tertiary/aromatic N) is 1. The smallest absolute Gasteiger partial charge is 0.200 e. The van der Waals surface area contributed by atoms with Crippen molar-refractivity contribution in [2.75, 3.05) is 20.4 Å². The van der Waals surface area contributed by atoms with Gasteiger partial charge in [-0.2, -0.15) is 0 Å². The average Bonchev–Trinajstić information content (AvgIpc) is 2.83. The van der Waals surface area contributed by atoms with Gasteiger partial charge in [0.1, 0.15) is 30.1 Å². The molecule has 4 aromatic rings. The van der Waals surface area contributed by atoms with E-state index in [9.17, 15) is 4.79 Å². The van der Waals surface area contributed by atoms with Crippen molar-refractivity contribution >= 4 is 34.2 Å². The van der Waals surface area contributed by atoms with Gasteiger partial charge in [0.2, 0.25) is 5.43 Å². The molecule has 0 N–H and O–H groups in total. The molecule has 2 heterocycles. The molecule has 0 aliphatic carbocycles. The van der Waals surface area contributed by atoms with E-state index in [0.29, 0.717) is 51.2 Å². The first-order chi connectivity index (χ1) is 16.0. The minimum atomic E-state index is -0.103. The molecule has 0 unspecified atom stereocenters. The van der Waals surface area contributed by atoms with Crippen LogP contribution in [0.25, 0.3) is 22.1 Å². The van der Waals surface area contributed by atoms with Crippen molar-refractivity contribution in [1.29, 1.82) is 0 Å². The van der Waals surface area contributed by atoms with Gasteiger partial charge in [0.25, 0.3) is 0 Å². The summed E-state index contributed by atoms with van der Waals surface area (Å²) in [6, 6.07) is 16.5. The second-order valence-electron chi connectivity index (χ2n) is 7.91. The monoisotopic (exact) mass is 481 g/mol. The SMILES string of the molecule is COc1ccccc1-c1coc2c3c(ccc2c1=O)OCN(CCc1ccc(Cl)cc1Cl)C3. The van der Waals surface area contributed by atoms with E-state index in [0.717, 1.165) is 29.8 Å². The van der Waals surface area contributed by atoms with Gasteiger partial charge in [-0.05, 0) is 42.3 Å². The number of halogens is 2. The Labute approximate surface area is 201 Å². The maximum Gasteiger partial charge on any atom is 0.200 e. The molecule has 0 atom stereocenters. The van der Waals surface area contributed by atoms with Crippen molar-refractivity contribution in [1.82, 2.24) is 4.90 Å². The largest absolute Gasteiger partial charge is 0.496 e. The number of hydrogen-bond donors (Lipinski definition) is 0. The summed E-state index contributed by atoms with van der Waals surface area (Å²) in [5.74, 6) is 1.36. The Morgan fingerprint density at radius 2 is 1.91 bits per heavy atom. The number of fused-ring (bicyclic) bond motifs is 3. The van der Waals surface area contributed by atoms with Crippen molar-refractivity contribution < 1.29 is 13.9 Å². The van der Waals surface area contributed by atoms with Gasteiger partial charge in [-0.25, -0.2) is 0 Å². The van der Waals surface area contributed by atoms with Gasteiger partial charge in [0.05, 0.1) is 23.6 Å². The lowest BCUT2D eigenvalue weighted by Crippen LogP contribution is -2.33. The van der Waals surface area contributed by atoms with E-state index in [4.69, 9.17) is 37.1 Å². The van der Waals surface area contributed by atoms with E-state index in [1.165, 1.54) is 6.26 Å². The summed E-state index contributed by atoms with van der Waals surface area (Å²) in [7, 11) is 1.58. The second-order valence-corrected chi connectivity index (χ2v) is 8.75. The lowest BCUT2D eigenvalue weighted by Gasteiger charge is -2.29. The van der Waals surface area contributed by atoms with Crippen LogP contribution in [0.4, 0.5) is 0 Å². The molecule has 0 spiro atoms. The molecule has 1 aromatic heterocycles. The van der Waals surface area contributed by atoms with Crippen LogP contribution in [-0.4, -0.2) is 25.3 Å². The lowest BCUT2D eigenvalue weighted by molar-refractivity contribution is 0.0968. The zero-order valence-electron chi connectivity index (χ0n) is 17.9. The Bertz CT molecular complexity index is 1400. The molecule has 1 aliphatic rings. The van der Waals surface area contributed by atoms with Crippen LogP contribution in [-0.2, 0) is 13.0 Å². The topological polar surface area (TPSA) is 51.9 Å². The standard InChI is InChI=1S/C26H21Cl2NO4/c1-31-23-5-3-2-4-18(23)21-14-32-26-19(25(21)30)8-9-24-20(26)13-29(15-33-24)11-10-16-6-7-17(27)12-22(16)28/h2-9,12,14H,10-11,13,15H2,1H3. The van der Waals surface area contributed by atoms with Crippen molar-refractivity contribution in [2.45, 2.75) is 13.0 Å². The predicted octanol–water partition coefficient (Wildman–Crippen LogP) is 6.17. The first kappa shape index (κ1) is 21.8. The third kappa shape index (κ3) is 4.20. The van der Waals surface area contributed by atoms with Crippen LogP contribution in [0.3, 0.4) is 0 Å². The van der Waals surface area contributed by atoms with Crippen LogP contribution in [0.2, 0.25) is 10.0 Å². The zero-order valence-corrected chi connectivity index (χ0v) is 19.4. The fourth-order valence-corrected chi connectivity index (χ4v) is 4.66. The molecule has 0 saturated heterocycles. The number of hydrogen-bond acceptors (Lipinski definition) is 5. The van der Waals surface area contributed by atoms with Gasteiger partial charge >= 0.3 is 0 Å². The highest BCUT2D eigenvalue weighted by Crippen LogP contribution is 2.34. The molecule has 0 fully saturated rings.